The first-order valence-corrected chi connectivity index (χ1v) is 9.86. The maximum atomic E-state index is 10.8. The van der Waals surface area contributed by atoms with Crippen molar-refractivity contribution < 1.29 is 14.6 Å². The zero-order valence-corrected chi connectivity index (χ0v) is 17.1. The fourth-order valence-electron chi connectivity index (χ4n) is 3.72. The van der Waals surface area contributed by atoms with E-state index in [9.17, 15) is 5.11 Å². The zero-order valence-electron chi connectivity index (χ0n) is 17.1. The molecule has 1 saturated heterocycles. The Kier molecular flexibility index (Phi) is 7.25. The van der Waals surface area contributed by atoms with E-state index >= 15 is 0 Å². The second-order valence-corrected chi connectivity index (χ2v) is 7.32. The van der Waals surface area contributed by atoms with Gasteiger partial charge in [-0.25, -0.2) is 0 Å². The molecule has 1 aromatic carbocycles. The van der Waals surface area contributed by atoms with Gasteiger partial charge >= 0.3 is 0 Å². The molecule has 0 aliphatic carbocycles. The molecule has 3 rings (SSSR count). The van der Waals surface area contributed by atoms with E-state index in [1.807, 2.05) is 31.2 Å². The van der Waals surface area contributed by atoms with Crippen molar-refractivity contribution in [1.29, 1.82) is 0 Å². The van der Waals surface area contributed by atoms with Crippen molar-refractivity contribution >= 4 is 0 Å². The predicted molar refractivity (Wildman–Crippen MR) is 110 cm³/mol. The number of benzene rings is 1. The summed E-state index contributed by atoms with van der Waals surface area (Å²) in [5.41, 5.74) is 2.95. The molecular weight excluding hydrogens is 354 g/mol. The van der Waals surface area contributed by atoms with Gasteiger partial charge in [0.15, 0.2) is 0 Å². The number of aromatic nitrogens is 1. The Morgan fingerprint density at radius 3 is 2.57 bits per heavy atom. The van der Waals surface area contributed by atoms with Crippen LogP contribution in [0.2, 0.25) is 0 Å². The Balaban J connectivity index is 1.58. The summed E-state index contributed by atoms with van der Waals surface area (Å²) < 4.78 is 10.7. The van der Waals surface area contributed by atoms with Crippen LogP contribution in [-0.4, -0.2) is 66.8 Å². The smallest absolute Gasteiger partial charge is 0.124 e. The average molecular weight is 386 g/mol. The molecule has 0 unspecified atom stereocenters. The first-order valence-electron chi connectivity index (χ1n) is 9.86. The van der Waals surface area contributed by atoms with Crippen LogP contribution in [0.5, 0.6) is 11.5 Å². The maximum absolute atomic E-state index is 10.8. The van der Waals surface area contributed by atoms with Crippen LogP contribution >= 0.6 is 0 Å². The van der Waals surface area contributed by atoms with Crippen LogP contribution in [0.3, 0.4) is 0 Å². The summed E-state index contributed by atoms with van der Waals surface area (Å²) in [5.74, 6) is 1.41. The summed E-state index contributed by atoms with van der Waals surface area (Å²) in [6, 6.07) is 11.7. The highest BCUT2D eigenvalue weighted by Gasteiger charge is 2.21. The number of nitrogens with zero attached hydrogens (tertiary/aromatic N) is 3. The third-order valence-corrected chi connectivity index (χ3v) is 5.24. The van der Waals surface area contributed by atoms with Crippen molar-refractivity contribution in [3.8, 4) is 11.5 Å². The van der Waals surface area contributed by atoms with Crippen molar-refractivity contribution in [2.45, 2.75) is 26.0 Å². The molecule has 0 spiro atoms. The maximum Gasteiger partial charge on any atom is 0.124 e. The minimum absolute atomic E-state index is 0.583. The molecule has 2 heterocycles. The number of β-amino-alcohol motifs (C(OH)–C–C–N with tert-alkyl or cyclic N) is 1. The monoisotopic (exact) mass is 385 g/mol. The second kappa shape index (κ2) is 9.87. The fourth-order valence-corrected chi connectivity index (χ4v) is 3.72. The average Bonchev–Trinajstić information content (AvgIpc) is 2.92. The van der Waals surface area contributed by atoms with Crippen molar-refractivity contribution in [1.82, 2.24) is 14.8 Å². The van der Waals surface area contributed by atoms with Gasteiger partial charge < -0.3 is 14.6 Å². The largest absolute Gasteiger partial charge is 0.497 e. The lowest BCUT2D eigenvalue weighted by molar-refractivity contribution is 0.112. The van der Waals surface area contributed by atoms with E-state index in [0.717, 1.165) is 61.8 Å². The molecule has 6 heteroatoms. The van der Waals surface area contributed by atoms with Gasteiger partial charge in [0.1, 0.15) is 11.5 Å². The summed E-state index contributed by atoms with van der Waals surface area (Å²) in [5, 5.41) is 10.8. The number of pyridine rings is 1. The van der Waals surface area contributed by atoms with Crippen LogP contribution in [0, 0.1) is 6.92 Å². The first-order chi connectivity index (χ1) is 13.6. The van der Waals surface area contributed by atoms with Crippen LogP contribution < -0.4 is 9.47 Å². The molecule has 1 aromatic heterocycles. The third-order valence-electron chi connectivity index (χ3n) is 5.24. The molecule has 0 bridgehead atoms. The summed E-state index contributed by atoms with van der Waals surface area (Å²) >= 11 is 0. The highest BCUT2D eigenvalue weighted by molar-refractivity contribution is 5.41. The van der Waals surface area contributed by atoms with E-state index in [-0.39, 0.29) is 0 Å². The lowest BCUT2D eigenvalue weighted by Gasteiger charge is -2.25. The van der Waals surface area contributed by atoms with E-state index in [1.54, 1.807) is 14.2 Å². The quantitative estimate of drug-likeness (QED) is 0.791. The van der Waals surface area contributed by atoms with E-state index in [1.165, 1.54) is 0 Å². The van der Waals surface area contributed by atoms with E-state index in [4.69, 9.17) is 9.47 Å². The van der Waals surface area contributed by atoms with Gasteiger partial charge in [0, 0.05) is 37.4 Å². The Hall–Kier alpha value is -2.15. The number of aliphatic hydroxyl groups is 1. The number of aryl methyl sites for hydroxylation is 1. The molecule has 1 aliphatic heterocycles. The molecule has 152 valence electrons. The lowest BCUT2D eigenvalue weighted by atomic mass is 10.1. The zero-order chi connectivity index (χ0) is 19.9. The molecule has 0 amide bonds. The number of hydrogen-bond donors (Lipinski definition) is 1. The molecule has 0 saturated carbocycles. The Morgan fingerprint density at radius 1 is 1.04 bits per heavy atom. The highest BCUT2D eigenvalue weighted by atomic mass is 16.5. The molecule has 28 heavy (non-hydrogen) atoms. The summed E-state index contributed by atoms with van der Waals surface area (Å²) in [7, 11) is 3.26. The lowest BCUT2D eigenvalue weighted by Crippen LogP contribution is -2.33. The van der Waals surface area contributed by atoms with Crippen LogP contribution in [0.1, 0.15) is 29.5 Å². The van der Waals surface area contributed by atoms with Crippen molar-refractivity contribution in [2.75, 3.05) is 46.9 Å². The van der Waals surface area contributed by atoms with Crippen LogP contribution in [0.15, 0.2) is 36.4 Å². The van der Waals surface area contributed by atoms with Gasteiger partial charge in [-0.15, -0.1) is 0 Å². The van der Waals surface area contributed by atoms with Crippen LogP contribution in [0.25, 0.3) is 0 Å². The Labute approximate surface area is 167 Å². The molecule has 0 radical (unpaired) electrons. The van der Waals surface area contributed by atoms with Gasteiger partial charge in [0.2, 0.25) is 0 Å². The Morgan fingerprint density at radius 2 is 1.82 bits per heavy atom. The summed E-state index contributed by atoms with van der Waals surface area (Å²) in [6.45, 7) is 7.41. The van der Waals surface area contributed by atoms with E-state index in [2.05, 4.69) is 26.9 Å². The molecule has 1 N–H and O–H groups in total. The number of ether oxygens (including phenoxy) is 2. The van der Waals surface area contributed by atoms with Crippen molar-refractivity contribution in [3.63, 3.8) is 0 Å². The van der Waals surface area contributed by atoms with E-state index < -0.39 is 6.10 Å². The number of hydrogen-bond acceptors (Lipinski definition) is 6. The van der Waals surface area contributed by atoms with Crippen molar-refractivity contribution in [3.05, 3.63) is 53.3 Å². The molecule has 1 atom stereocenters. The minimum Gasteiger partial charge on any atom is -0.497 e. The standard InChI is InChI=1S/C22H31N3O3/c1-17-6-4-7-18(23-17)15-24-10-5-11-25(13-12-24)16-21(26)20-14-19(27-2)8-9-22(20)28-3/h4,6-9,14,21,26H,5,10-13,15-16H2,1-3H3/t21-/m1/s1. The predicted octanol–water partition coefficient (Wildman–Crippen LogP) is 2.65. The van der Waals surface area contributed by atoms with Gasteiger partial charge in [-0.3, -0.25) is 14.8 Å². The van der Waals surface area contributed by atoms with Gasteiger partial charge in [-0.05, 0) is 56.8 Å². The number of methoxy groups -OCH3 is 2. The molecule has 6 nitrogen and oxygen atoms in total. The first kappa shape index (κ1) is 20.6. The topological polar surface area (TPSA) is 58.1 Å². The number of rotatable bonds is 7. The van der Waals surface area contributed by atoms with Gasteiger partial charge in [0.25, 0.3) is 0 Å². The van der Waals surface area contributed by atoms with Crippen LogP contribution in [-0.2, 0) is 6.54 Å². The molecule has 1 aliphatic rings. The van der Waals surface area contributed by atoms with Crippen LogP contribution in [0.4, 0.5) is 0 Å². The normalized spacial score (nSPS) is 17.1. The minimum atomic E-state index is -0.616. The Bertz CT molecular complexity index is 768. The van der Waals surface area contributed by atoms with E-state index in [0.29, 0.717) is 12.3 Å². The molecule has 2 aromatic rings. The fraction of sp³-hybridized carbons (Fsp3) is 0.500. The van der Waals surface area contributed by atoms with Gasteiger partial charge in [-0.2, -0.15) is 0 Å². The second-order valence-electron chi connectivity index (χ2n) is 7.32. The van der Waals surface area contributed by atoms with Gasteiger partial charge in [-0.1, -0.05) is 6.07 Å². The molecule has 1 fully saturated rings. The molecular formula is C22H31N3O3. The summed E-state index contributed by atoms with van der Waals surface area (Å²) in [6.07, 6.45) is 0.461. The van der Waals surface area contributed by atoms with Gasteiger partial charge in [0.05, 0.1) is 26.0 Å². The number of aliphatic hydroxyl groups excluding tert-OH is 1. The highest BCUT2D eigenvalue weighted by Crippen LogP contribution is 2.30. The summed E-state index contributed by atoms with van der Waals surface area (Å²) in [4.78, 5) is 9.39. The third kappa shape index (κ3) is 5.44. The SMILES string of the molecule is COc1ccc(OC)c([C@H](O)CN2CCCN(Cc3cccc(C)n3)CC2)c1. The van der Waals surface area contributed by atoms with Crippen molar-refractivity contribution in [2.24, 2.45) is 0 Å².